The third-order valence-electron chi connectivity index (χ3n) is 3.82. The summed E-state index contributed by atoms with van der Waals surface area (Å²) in [7, 11) is 0. The maximum absolute atomic E-state index is 10.3. The number of aliphatic hydroxyl groups excluding tert-OH is 1. The third kappa shape index (κ3) is 3.21. The fraction of sp³-hybridized carbons (Fsp3) is 0.625. The molecular weight excluding hydrogens is 240 g/mol. The summed E-state index contributed by atoms with van der Waals surface area (Å²) in [6.07, 6.45) is 2.27. The molecule has 2 atom stereocenters. The molecule has 0 aromatic heterocycles. The molecule has 0 aliphatic heterocycles. The number of benzene rings is 1. The van der Waals surface area contributed by atoms with Gasteiger partial charge in [-0.15, -0.1) is 0 Å². The van der Waals surface area contributed by atoms with Crippen molar-refractivity contribution in [3.05, 3.63) is 24.3 Å². The molecule has 0 saturated heterocycles. The quantitative estimate of drug-likeness (QED) is 0.885. The molecular formula is C16H24O3. The number of hydrogen-bond donors (Lipinski definition) is 1. The Morgan fingerprint density at radius 2 is 1.95 bits per heavy atom. The van der Waals surface area contributed by atoms with Gasteiger partial charge in [0.2, 0.25) is 0 Å². The number of ether oxygens (including phenoxy) is 2. The Morgan fingerprint density at radius 3 is 2.53 bits per heavy atom. The van der Waals surface area contributed by atoms with Crippen molar-refractivity contribution in [3.8, 4) is 11.5 Å². The Balaban J connectivity index is 2.07. The Hall–Kier alpha value is -1.22. The number of aliphatic hydroxyl groups is 1. The highest BCUT2D eigenvalue weighted by atomic mass is 16.5. The molecule has 0 spiro atoms. The smallest absolute Gasteiger partial charge is 0.161 e. The van der Waals surface area contributed by atoms with Crippen LogP contribution in [0.1, 0.15) is 40.0 Å². The summed E-state index contributed by atoms with van der Waals surface area (Å²) in [5, 5.41) is 10.3. The van der Waals surface area contributed by atoms with E-state index in [-0.39, 0.29) is 11.5 Å². The van der Waals surface area contributed by atoms with E-state index in [0.717, 1.165) is 30.8 Å². The highest BCUT2D eigenvalue weighted by Crippen LogP contribution is 2.40. The zero-order chi connectivity index (χ0) is 13.9. The lowest BCUT2D eigenvalue weighted by Gasteiger charge is -2.26. The van der Waals surface area contributed by atoms with Crippen LogP contribution in [0, 0.1) is 5.41 Å². The van der Waals surface area contributed by atoms with Gasteiger partial charge in [-0.2, -0.15) is 0 Å². The molecule has 1 N–H and O–H groups in total. The van der Waals surface area contributed by atoms with Crippen LogP contribution in [0.25, 0.3) is 0 Å². The van der Waals surface area contributed by atoms with E-state index >= 15 is 0 Å². The zero-order valence-electron chi connectivity index (χ0n) is 12.1. The third-order valence-corrected chi connectivity index (χ3v) is 3.82. The van der Waals surface area contributed by atoms with Crippen molar-refractivity contribution < 1.29 is 14.6 Å². The highest BCUT2D eigenvalue weighted by Gasteiger charge is 2.42. The van der Waals surface area contributed by atoms with Gasteiger partial charge in [-0.25, -0.2) is 0 Å². The van der Waals surface area contributed by atoms with E-state index in [4.69, 9.17) is 9.47 Å². The monoisotopic (exact) mass is 264 g/mol. The van der Waals surface area contributed by atoms with Crippen LogP contribution in [-0.2, 0) is 0 Å². The van der Waals surface area contributed by atoms with Crippen LogP contribution >= 0.6 is 0 Å². The van der Waals surface area contributed by atoms with Crippen molar-refractivity contribution in [2.24, 2.45) is 5.41 Å². The van der Waals surface area contributed by atoms with Crippen molar-refractivity contribution in [1.29, 1.82) is 0 Å². The standard InChI is InChI=1S/C16H24O3/c1-4-11-18-12-7-5-6-8-13(12)19-14-9-10-16(2,3)15(14)17/h5-8,14-15,17H,4,9-11H2,1-3H3. The summed E-state index contributed by atoms with van der Waals surface area (Å²) in [5.41, 5.74) is -0.0656. The molecule has 19 heavy (non-hydrogen) atoms. The first-order valence-electron chi connectivity index (χ1n) is 7.11. The molecule has 3 heteroatoms. The molecule has 0 radical (unpaired) electrons. The Kier molecular flexibility index (Phi) is 4.35. The topological polar surface area (TPSA) is 38.7 Å². The molecule has 1 aliphatic carbocycles. The van der Waals surface area contributed by atoms with Gasteiger partial charge < -0.3 is 14.6 Å². The zero-order valence-corrected chi connectivity index (χ0v) is 12.1. The predicted molar refractivity (Wildman–Crippen MR) is 75.7 cm³/mol. The minimum Gasteiger partial charge on any atom is -0.490 e. The van der Waals surface area contributed by atoms with Crippen molar-refractivity contribution >= 4 is 0 Å². The van der Waals surface area contributed by atoms with E-state index in [9.17, 15) is 5.11 Å². The molecule has 1 fully saturated rings. The minimum atomic E-state index is -0.424. The van der Waals surface area contributed by atoms with Gasteiger partial charge in [0.1, 0.15) is 6.10 Å². The predicted octanol–water partition coefficient (Wildman–Crippen LogP) is 3.40. The van der Waals surface area contributed by atoms with E-state index in [1.807, 2.05) is 24.3 Å². The second kappa shape index (κ2) is 5.83. The van der Waals surface area contributed by atoms with Crippen LogP contribution in [-0.4, -0.2) is 23.9 Å². The van der Waals surface area contributed by atoms with Crippen LogP contribution in [0.4, 0.5) is 0 Å². The number of para-hydroxylation sites is 2. The lowest BCUT2D eigenvalue weighted by molar-refractivity contribution is 0.00382. The molecule has 2 unspecified atom stereocenters. The van der Waals surface area contributed by atoms with Crippen LogP contribution in [0.2, 0.25) is 0 Å². The first-order valence-corrected chi connectivity index (χ1v) is 7.11. The van der Waals surface area contributed by atoms with Gasteiger partial charge in [0, 0.05) is 0 Å². The van der Waals surface area contributed by atoms with Gasteiger partial charge in [0.05, 0.1) is 12.7 Å². The van der Waals surface area contributed by atoms with Gasteiger partial charge in [-0.05, 0) is 36.8 Å². The van der Waals surface area contributed by atoms with Gasteiger partial charge >= 0.3 is 0 Å². The summed E-state index contributed by atoms with van der Waals surface area (Å²) < 4.78 is 11.7. The molecule has 1 saturated carbocycles. The van der Waals surface area contributed by atoms with Crippen LogP contribution < -0.4 is 9.47 Å². The molecule has 0 heterocycles. The van der Waals surface area contributed by atoms with E-state index in [0.29, 0.717) is 6.61 Å². The van der Waals surface area contributed by atoms with Gasteiger partial charge in [0.15, 0.2) is 11.5 Å². The second-order valence-electron chi connectivity index (χ2n) is 5.92. The van der Waals surface area contributed by atoms with Crippen molar-refractivity contribution in [2.45, 2.75) is 52.2 Å². The molecule has 2 rings (SSSR count). The van der Waals surface area contributed by atoms with E-state index in [1.165, 1.54) is 0 Å². The minimum absolute atomic E-state index is 0.0656. The van der Waals surface area contributed by atoms with Gasteiger partial charge in [-0.3, -0.25) is 0 Å². The summed E-state index contributed by atoms with van der Waals surface area (Å²) in [4.78, 5) is 0. The molecule has 1 aromatic rings. The van der Waals surface area contributed by atoms with Gasteiger partial charge in [-0.1, -0.05) is 32.9 Å². The van der Waals surface area contributed by atoms with Crippen molar-refractivity contribution in [1.82, 2.24) is 0 Å². The molecule has 106 valence electrons. The lowest BCUT2D eigenvalue weighted by atomic mass is 9.89. The Bertz CT molecular complexity index is 414. The number of rotatable bonds is 5. The lowest BCUT2D eigenvalue weighted by Crippen LogP contribution is -2.34. The van der Waals surface area contributed by atoms with Crippen LogP contribution in [0.3, 0.4) is 0 Å². The van der Waals surface area contributed by atoms with Gasteiger partial charge in [0.25, 0.3) is 0 Å². The fourth-order valence-electron chi connectivity index (χ4n) is 2.49. The van der Waals surface area contributed by atoms with E-state index < -0.39 is 6.10 Å². The van der Waals surface area contributed by atoms with E-state index in [1.54, 1.807) is 0 Å². The Labute approximate surface area is 115 Å². The fourth-order valence-corrected chi connectivity index (χ4v) is 2.49. The summed E-state index contributed by atoms with van der Waals surface area (Å²) >= 11 is 0. The first-order chi connectivity index (χ1) is 9.04. The second-order valence-corrected chi connectivity index (χ2v) is 5.92. The molecule has 3 nitrogen and oxygen atoms in total. The average Bonchev–Trinajstić information content (AvgIpc) is 2.65. The summed E-state index contributed by atoms with van der Waals surface area (Å²) in [6.45, 7) is 6.92. The summed E-state index contributed by atoms with van der Waals surface area (Å²) in [6, 6.07) is 7.69. The first kappa shape index (κ1) is 14.2. The molecule has 0 amide bonds. The van der Waals surface area contributed by atoms with Crippen molar-refractivity contribution in [3.63, 3.8) is 0 Å². The highest BCUT2D eigenvalue weighted by molar-refractivity contribution is 5.39. The Morgan fingerprint density at radius 1 is 1.26 bits per heavy atom. The van der Waals surface area contributed by atoms with Crippen LogP contribution in [0.5, 0.6) is 11.5 Å². The van der Waals surface area contributed by atoms with Crippen LogP contribution in [0.15, 0.2) is 24.3 Å². The maximum atomic E-state index is 10.3. The SMILES string of the molecule is CCCOc1ccccc1OC1CCC(C)(C)C1O. The van der Waals surface area contributed by atoms with E-state index in [2.05, 4.69) is 20.8 Å². The molecule has 1 aromatic carbocycles. The normalized spacial score (nSPS) is 25.3. The van der Waals surface area contributed by atoms with Crippen molar-refractivity contribution in [2.75, 3.05) is 6.61 Å². The largest absolute Gasteiger partial charge is 0.490 e. The molecule has 0 bridgehead atoms. The summed E-state index contributed by atoms with van der Waals surface area (Å²) in [5.74, 6) is 1.50. The average molecular weight is 264 g/mol. The number of hydrogen-bond acceptors (Lipinski definition) is 3. The molecule has 1 aliphatic rings. The maximum Gasteiger partial charge on any atom is 0.161 e.